The lowest BCUT2D eigenvalue weighted by Crippen LogP contribution is -2.42. The third kappa shape index (κ3) is 3.04. The molecule has 1 atom stereocenters. The highest BCUT2D eigenvalue weighted by Gasteiger charge is 2.19. The van der Waals surface area contributed by atoms with Gasteiger partial charge in [-0.2, -0.15) is 0 Å². The first kappa shape index (κ1) is 11.6. The summed E-state index contributed by atoms with van der Waals surface area (Å²) in [7, 11) is 0. The number of halogens is 2. The van der Waals surface area contributed by atoms with Crippen molar-refractivity contribution in [2.45, 2.75) is 18.9 Å². The second-order valence-corrected chi connectivity index (χ2v) is 4.64. The molecule has 3 N–H and O–H groups in total. The largest absolute Gasteiger partial charge is 0.394 e. The lowest BCUT2D eigenvalue weighted by molar-refractivity contribution is 0.207. The second kappa shape index (κ2) is 4.38. The van der Waals surface area contributed by atoms with Crippen molar-refractivity contribution < 1.29 is 9.50 Å². The molecule has 0 bridgehead atoms. The Bertz CT molecular complexity index is 328. The van der Waals surface area contributed by atoms with Gasteiger partial charge < -0.3 is 10.8 Å². The molecule has 0 radical (unpaired) electrons. The first-order valence-corrected chi connectivity index (χ1v) is 5.07. The Morgan fingerprint density at radius 2 is 2.21 bits per heavy atom. The van der Waals surface area contributed by atoms with Gasteiger partial charge in [0.05, 0.1) is 6.61 Å². The third-order valence-electron chi connectivity index (χ3n) is 1.96. The zero-order valence-corrected chi connectivity index (χ0v) is 9.51. The molecule has 1 rings (SSSR count). The molecule has 0 heterocycles. The fourth-order valence-corrected chi connectivity index (χ4v) is 1.58. The van der Waals surface area contributed by atoms with Crippen molar-refractivity contribution in [3.05, 3.63) is 34.1 Å². The molecular formula is C10H13BrFNO. The van der Waals surface area contributed by atoms with E-state index in [-0.39, 0.29) is 12.4 Å². The van der Waals surface area contributed by atoms with Crippen LogP contribution in [-0.4, -0.2) is 17.3 Å². The quantitative estimate of drug-likeness (QED) is 0.873. The van der Waals surface area contributed by atoms with Crippen LogP contribution in [0.4, 0.5) is 4.39 Å². The number of aliphatic hydroxyl groups is 1. The smallest absolute Gasteiger partial charge is 0.126 e. The average Bonchev–Trinajstić information content (AvgIpc) is 2.11. The molecule has 0 spiro atoms. The Morgan fingerprint density at radius 3 is 2.79 bits per heavy atom. The fraction of sp³-hybridized carbons (Fsp3) is 0.400. The van der Waals surface area contributed by atoms with Gasteiger partial charge >= 0.3 is 0 Å². The Kier molecular flexibility index (Phi) is 3.64. The molecule has 1 aromatic rings. The van der Waals surface area contributed by atoms with Crippen LogP contribution < -0.4 is 5.73 Å². The molecule has 0 aliphatic rings. The Morgan fingerprint density at radius 1 is 1.57 bits per heavy atom. The van der Waals surface area contributed by atoms with Crippen molar-refractivity contribution in [2.24, 2.45) is 5.73 Å². The molecule has 0 saturated carbocycles. The molecule has 4 heteroatoms. The Hall–Kier alpha value is -0.450. The van der Waals surface area contributed by atoms with Crippen molar-refractivity contribution in [2.75, 3.05) is 6.61 Å². The number of nitrogens with two attached hydrogens (primary N) is 1. The summed E-state index contributed by atoms with van der Waals surface area (Å²) in [4.78, 5) is 0. The normalized spacial score (nSPS) is 15.2. The van der Waals surface area contributed by atoms with Crippen LogP contribution in [0.2, 0.25) is 0 Å². The van der Waals surface area contributed by atoms with Gasteiger partial charge in [0.1, 0.15) is 5.82 Å². The van der Waals surface area contributed by atoms with Gasteiger partial charge in [0.2, 0.25) is 0 Å². The van der Waals surface area contributed by atoms with E-state index in [1.165, 1.54) is 6.07 Å². The average molecular weight is 262 g/mol. The molecule has 0 aromatic heterocycles. The Labute approximate surface area is 91.1 Å². The van der Waals surface area contributed by atoms with Crippen LogP contribution in [0.1, 0.15) is 12.5 Å². The van der Waals surface area contributed by atoms with Crippen LogP contribution in [0, 0.1) is 5.82 Å². The van der Waals surface area contributed by atoms with Crippen molar-refractivity contribution >= 4 is 15.9 Å². The van der Waals surface area contributed by atoms with Crippen LogP contribution in [0.3, 0.4) is 0 Å². The molecule has 14 heavy (non-hydrogen) atoms. The zero-order chi connectivity index (χ0) is 10.8. The van der Waals surface area contributed by atoms with Gasteiger partial charge in [-0.25, -0.2) is 4.39 Å². The summed E-state index contributed by atoms with van der Waals surface area (Å²) in [5.41, 5.74) is 5.47. The summed E-state index contributed by atoms with van der Waals surface area (Å²) in [6.07, 6.45) is 0.314. The topological polar surface area (TPSA) is 46.2 Å². The van der Waals surface area contributed by atoms with Crippen LogP contribution >= 0.6 is 15.9 Å². The molecule has 78 valence electrons. The minimum absolute atomic E-state index is 0.168. The maximum atomic E-state index is 13.3. The van der Waals surface area contributed by atoms with Crippen molar-refractivity contribution in [1.82, 2.24) is 0 Å². The Balaban J connectivity index is 2.91. The van der Waals surface area contributed by atoms with Gasteiger partial charge in [0.25, 0.3) is 0 Å². The molecule has 2 nitrogen and oxygen atoms in total. The molecule has 0 aliphatic heterocycles. The lowest BCUT2D eigenvalue weighted by Gasteiger charge is -2.21. The maximum Gasteiger partial charge on any atom is 0.126 e. The predicted octanol–water partition coefficient (Wildman–Crippen LogP) is 1.84. The summed E-state index contributed by atoms with van der Waals surface area (Å²) < 4.78 is 14.1. The van der Waals surface area contributed by atoms with Crippen molar-refractivity contribution in [1.29, 1.82) is 0 Å². The highest BCUT2D eigenvalue weighted by molar-refractivity contribution is 9.10. The molecule has 1 unspecified atom stereocenters. The summed E-state index contributed by atoms with van der Waals surface area (Å²) >= 11 is 3.26. The molecule has 0 aliphatic carbocycles. The van der Waals surface area contributed by atoms with Crippen LogP contribution in [0.25, 0.3) is 0 Å². The summed E-state index contributed by atoms with van der Waals surface area (Å²) in [5, 5.41) is 8.96. The number of rotatable bonds is 3. The van der Waals surface area contributed by atoms with E-state index in [1.807, 2.05) is 0 Å². The number of hydrogen-bond acceptors (Lipinski definition) is 2. The minimum atomic E-state index is -0.776. The fourth-order valence-electron chi connectivity index (χ4n) is 1.17. The van der Waals surface area contributed by atoms with Crippen LogP contribution in [0.15, 0.2) is 22.7 Å². The monoisotopic (exact) mass is 261 g/mol. The maximum absolute atomic E-state index is 13.3. The van der Waals surface area contributed by atoms with E-state index in [1.54, 1.807) is 19.1 Å². The standard InChI is InChI=1S/C10H13BrFNO/c1-10(13,6-14)5-7-4-8(11)2-3-9(7)12/h2-4,14H,5-6,13H2,1H3. The second-order valence-electron chi connectivity index (χ2n) is 3.72. The minimum Gasteiger partial charge on any atom is -0.394 e. The van der Waals surface area contributed by atoms with E-state index in [9.17, 15) is 4.39 Å². The summed E-state index contributed by atoms with van der Waals surface area (Å²) in [6.45, 7) is 1.52. The lowest BCUT2D eigenvalue weighted by atomic mass is 9.95. The summed E-state index contributed by atoms with van der Waals surface area (Å²) in [6, 6.07) is 4.69. The number of aliphatic hydroxyl groups excluding tert-OH is 1. The van der Waals surface area contributed by atoms with Crippen LogP contribution in [0.5, 0.6) is 0 Å². The van der Waals surface area contributed by atoms with Gasteiger partial charge in [-0.05, 0) is 37.1 Å². The highest BCUT2D eigenvalue weighted by Crippen LogP contribution is 2.19. The van der Waals surface area contributed by atoms with E-state index in [4.69, 9.17) is 10.8 Å². The van der Waals surface area contributed by atoms with E-state index >= 15 is 0 Å². The highest BCUT2D eigenvalue weighted by atomic mass is 79.9. The van der Waals surface area contributed by atoms with Crippen molar-refractivity contribution in [3.8, 4) is 0 Å². The van der Waals surface area contributed by atoms with Gasteiger partial charge in [-0.1, -0.05) is 15.9 Å². The first-order valence-electron chi connectivity index (χ1n) is 4.28. The molecule has 0 saturated heterocycles. The van der Waals surface area contributed by atoms with E-state index in [0.29, 0.717) is 12.0 Å². The summed E-state index contributed by atoms with van der Waals surface area (Å²) in [5.74, 6) is -0.293. The van der Waals surface area contributed by atoms with Gasteiger partial charge in [0.15, 0.2) is 0 Å². The molecule has 0 amide bonds. The predicted molar refractivity (Wildman–Crippen MR) is 57.5 cm³/mol. The molecular weight excluding hydrogens is 249 g/mol. The van der Waals surface area contributed by atoms with E-state index < -0.39 is 5.54 Å². The number of benzene rings is 1. The zero-order valence-electron chi connectivity index (χ0n) is 7.93. The molecule has 0 fully saturated rings. The van der Waals surface area contributed by atoms with Gasteiger partial charge in [-0.3, -0.25) is 0 Å². The number of hydrogen-bond donors (Lipinski definition) is 2. The van der Waals surface area contributed by atoms with E-state index in [0.717, 1.165) is 4.47 Å². The molecule has 1 aromatic carbocycles. The van der Waals surface area contributed by atoms with Gasteiger partial charge in [0, 0.05) is 10.0 Å². The van der Waals surface area contributed by atoms with Crippen molar-refractivity contribution in [3.63, 3.8) is 0 Å². The SMILES string of the molecule is CC(N)(CO)Cc1cc(Br)ccc1F. The first-order chi connectivity index (χ1) is 6.44. The third-order valence-corrected chi connectivity index (χ3v) is 2.46. The van der Waals surface area contributed by atoms with Gasteiger partial charge in [-0.15, -0.1) is 0 Å². The van der Waals surface area contributed by atoms with E-state index in [2.05, 4.69) is 15.9 Å². The van der Waals surface area contributed by atoms with Crippen LogP contribution in [-0.2, 0) is 6.42 Å².